The van der Waals surface area contributed by atoms with Gasteiger partial charge >= 0.3 is 0 Å². The Morgan fingerprint density at radius 3 is 2.87 bits per heavy atom. The minimum absolute atomic E-state index is 0.740. The van der Waals surface area contributed by atoms with E-state index in [1.807, 2.05) is 17.7 Å². The lowest BCUT2D eigenvalue weighted by Crippen LogP contribution is -2.58. The van der Waals surface area contributed by atoms with Crippen LogP contribution in [0, 0.1) is 0 Å². The van der Waals surface area contributed by atoms with Gasteiger partial charge in [-0.05, 0) is 17.1 Å². The zero-order valence-electron chi connectivity index (χ0n) is 14.7. The topological polar surface area (TPSA) is 16.8 Å². The average Bonchev–Trinajstić information content (AvgIpc) is 2.87. The van der Waals surface area contributed by atoms with Gasteiger partial charge in [0, 0.05) is 16.5 Å². The Labute approximate surface area is 144 Å². The molecule has 0 bridgehead atoms. The van der Waals surface area contributed by atoms with Crippen molar-refractivity contribution in [3.63, 3.8) is 0 Å². The zero-order chi connectivity index (χ0) is 16.4. The van der Waals surface area contributed by atoms with Gasteiger partial charge in [-0.1, -0.05) is 49.0 Å². The summed E-state index contributed by atoms with van der Waals surface area (Å²) >= 11 is 1.96. The van der Waals surface area contributed by atoms with Crippen LogP contribution in [0.3, 0.4) is 0 Å². The predicted molar refractivity (Wildman–Crippen MR) is 107 cm³/mol. The molecule has 23 heavy (non-hydrogen) atoms. The first-order valence-corrected chi connectivity index (χ1v) is 15.2. The highest BCUT2D eigenvalue weighted by Crippen LogP contribution is 2.34. The second-order valence-electron chi connectivity index (χ2n) is 7.69. The van der Waals surface area contributed by atoms with Crippen LogP contribution in [0.2, 0.25) is 31.7 Å². The maximum Gasteiger partial charge on any atom is 0.286 e. The number of hydrogen-bond acceptors (Lipinski definition) is 2. The summed E-state index contributed by atoms with van der Waals surface area (Å²) in [4.78, 5) is 4.79. The van der Waals surface area contributed by atoms with E-state index >= 15 is 0 Å². The lowest BCUT2D eigenvalue weighted by atomic mass is 10.2. The van der Waals surface area contributed by atoms with Crippen LogP contribution < -0.4 is 14.9 Å². The van der Waals surface area contributed by atoms with Crippen molar-refractivity contribution in [2.75, 3.05) is 0 Å². The van der Waals surface area contributed by atoms with Crippen LogP contribution in [-0.2, 0) is 13.5 Å². The van der Waals surface area contributed by atoms with Crippen LogP contribution in [-0.4, -0.2) is 21.9 Å². The molecule has 0 fully saturated rings. The van der Waals surface area contributed by atoms with E-state index in [1.54, 1.807) is 10.4 Å². The number of fused-ring (bicyclic) bond motifs is 4. The average molecular weight is 358 g/mol. The van der Waals surface area contributed by atoms with Crippen molar-refractivity contribution in [1.82, 2.24) is 4.98 Å². The third kappa shape index (κ3) is 2.24. The fraction of sp³-hybridized carbons (Fsp3) is 0.444. The molecule has 0 radical (unpaired) electrons. The molecule has 1 aromatic carbocycles. The standard InChI is InChI=1S/C18H25N2SSi2/c1-6-13-18-17(19-11-20(13)2)12-9-16-15(10-14(12)21-18)22(3)7-8-23(16,4)5/h9-11,22H,6-8H2,1-5H3/q+1. The minimum Gasteiger partial charge on any atom is -0.236 e. The summed E-state index contributed by atoms with van der Waals surface area (Å²) in [7, 11) is 0.119. The molecule has 1 aliphatic rings. The first kappa shape index (κ1) is 15.5. The van der Waals surface area contributed by atoms with E-state index in [1.165, 1.54) is 38.1 Å². The molecular weight excluding hydrogens is 332 g/mol. The second-order valence-corrected chi connectivity index (χ2v) is 16.6. The molecule has 3 aromatic rings. The number of benzene rings is 1. The molecule has 4 rings (SSSR count). The number of rotatable bonds is 1. The summed E-state index contributed by atoms with van der Waals surface area (Å²) < 4.78 is 5.04. The SMILES string of the molecule is CCc1c2sc3cc4c(cc3c2nc[n+]1C)[Si](C)(C)CC[SiH]4C. The van der Waals surface area contributed by atoms with E-state index in [9.17, 15) is 0 Å². The fourth-order valence-electron chi connectivity index (χ4n) is 4.11. The van der Waals surface area contributed by atoms with Crippen molar-refractivity contribution < 1.29 is 4.57 Å². The molecular formula is C18H25N2SSi2+. The monoisotopic (exact) mass is 357 g/mol. The van der Waals surface area contributed by atoms with Crippen LogP contribution in [0.1, 0.15) is 12.6 Å². The molecule has 1 atom stereocenters. The van der Waals surface area contributed by atoms with E-state index in [-0.39, 0.29) is 0 Å². The highest BCUT2D eigenvalue weighted by atomic mass is 32.1. The molecule has 0 saturated heterocycles. The molecule has 0 saturated carbocycles. The van der Waals surface area contributed by atoms with Gasteiger partial charge in [-0.25, -0.2) is 4.57 Å². The van der Waals surface area contributed by atoms with Crippen molar-refractivity contribution in [3.05, 3.63) is 24.2 Å². The van der Waals surface area contributed by atoms with Gasteiger partial charge in [0.15, 0.2) is 0 Å². The van der Waals surface area contributed by atoms with E-state index < -0.39 is 16.9 Å². The molecule has 2 nitrogen and oxygen atoms in total. The van der Waals surface area contributed by atoms with Crippen molar-refractivity contribution in [1.29, 1.82) is 0 Å². The number of thiophene rings is 1. The van der Waals surface area contributed by atoms with Crippen molar-refractivity contribution in [2.45, 2.75) is 45.1 Å². The van der Waals surface area contributed by atoms with Gasteiger partial charge in [0.05, 0.1) is 23.9 Å². The van der Waals surface area contributed by atoms with Gasteiger partial charge in [-0.3, -0.25) is 0 Å². The van der Waals surface area contributed by atoms with Gasteiger partial charge in [-0.2, -0.15) is 0 Å². The Morgan fingerprint density at radius 2 is 2.13 bits per heavy atom. The largest absolute Gasteiger partial charge is 0.286 e. The highest BCUT2D eigenvalue weighted by Gasteiger charge is 2.34. The fourth-order valence-corrected chi connectivity index (χ4v) is 15.1. The molecule has 3 heterocycles. The van der Waals surface area contributed by atoms with Crippen LogP contribution in [0.25, 0.3) is 20.3 Å². The normalized spacial score (nSPS) is 20.1. The smallest absolute Gasteiger partial charge is 0.236 e. The molecule has 120 valence electrons. The zero-order valence-corrected chi connectivity index (χ0v) is 17.7. The molecule has 1 unspecified atom stereocenters. The first-order chi connectivity index (χ1) is 10.9. The van der Waals surface area contributed by atoms with Gasteiger partial charge < -0.3 is 0 Å². The maximum absolute atomic E-state index is 4.79. The molecule has 1 aliphatic heterocycles. The van der Waals surface area contributed by atoms with Crippen molar-refractivity contribution >= 4 is 58.9 Å². The van der Waals surface area contributed by atoms with Gasteiger partial charge in [0.2, 0.25) is 5.52 Å². The Balaban J connectivity index is 2.10. The molecule has 0 N–H and O–H groups in total. The van der Waals surface area contributed by atoms with Crippen molar-refractivity contribution in [2.24, 2.45) is 7.05 Å². The number of hydrogen-bond donors (Lipinski definition) is 0. The van der Waals surface area contributed by atoms with E-state index in [4.69, 9.17) is 4.98 Å². The summed E-state index contributed by atoms with van der Waals surface area (Å²) in [5.41, 5.74) is 2.64. The Morgan fingerprint density at radius 1 is 1.35 bits per heavy atom. The Kier molecular flexibility index (Phi) is 3.52. The number of aromatic nitrogens is 2. The van der Waals surface area contributed by atoms with Gasteiger partial charge in [0.1, 0.15) is 10.4 Å². The molecule has 0 aliphatic carbocycles. The summed E-state index contributed by atoms with van der Waals surface area (Å²) in [6.45, 7) is 9.89. The van der Waals surface area contributed by atoms with Crippen molar-refractivity contribution in [3.8, 4) is 0 Å². The number of nitrogens with zero attached hydrogens (tertiary/aromatic N) is 2. The quantitative estimate of drug-likeness (QED) is 0.483. The predicted octanol–water partition coefficient (Wildman–Crippen LogP) is 2.83. The van der Waals surface area contributed by atoms with Crippen LogP contribution in [0.4, 0.5) is 0 Å². The van der Waals surface area contributed by atoms with Gasteiger partial charge in [-0.15, -0.1) is 11.3 Å². The van der Waals surface area contributed by atoms with E-state index in [0.29, 0.717) is 0 Å². The lowest BCUT2D eigenvalue weighted by molar-refractivity contribution is -0.680. The first-order valence-electron chi connectivity index (χ1n) is 8.66. The molecule has 0 amide bonds. The molecule has 0 spiro atoms. The molecule has 2 aromatic heterocycles. The summed E-state index contributed by atoms with van der Waals surface area (Å²) in [6, 6.07) is 8.08. The summed E-state index contributed by atoms with van der Waals surface area (Å²) in [5.74, 6) is 0. The Hall–Kier alpha value is -1.05. The van der Waals surface area contributed by atoms with E-state index in [0.717, 1.165) is 6.42 Å². The van der Waals surface area contributed by atoms with E-state index in [2.05, 4.69) is 50.3 Å². The third-order valence-corrected chi connectivity index (χ3v) is 13.9. The third-order valence-electron chi connectivity index (χ3n) is 5.68. The van der Waals surface area contributed by atoms with Gasteiger partial charge in [0.25, 0.3) is 6.33 Å². The van der Waals surface area contributed by atoms with Crippen LogP contribution in [0.15, 0.2) is 18.5 Å². The minimum atomic E-state index is -1.26. The maximum atomic E-state index is 4.79. The molecule has 5 heteroatoms. The van der Waals surface area contributed by atoms with Crippen LogP contribution >= 0.6 is 11.3 Å². The Bertz CT molecular complexity index is 930. The summed E-state index contributed by atoms with van der Waals surface area (Å²) in [6.07, 6.45) is 3.06. The number of aryl methyl sites for hydroxylation is 2. The van der Waals surface area contributed by atoms with Crippen LogP contribution in [0.5, 0.6) is 0 Å². The highest BCUT2D eigenvalue weighted by molar-refractivity contribution is 7.26. The second kappa shape index (κ2) is 5.23. The summed E-state index contributed by atoms with van der Waals surface area (Å²) in [5, 5.41) is 4.90. The lowest BCUT2D eigenvalue weighted by Gasteiger charge is -2.34.